The Balaban J connectivity index is 0.000000318. The molecule has 4 rings (SSSR count). The van der Waals surface area contributed by atoms with Crippen LogP contribution < -0.4 is 5.32 Å². The molecule has 0 aliphatic carbocycles. The van der Waals surface area contributed by atoms with E-state index in [1.807, 2.05) is 18.2 Å². The molecule has 3 N–H and O–H groups in total. The summed E-state index contributed by atoms with van der Waals surface area (Å²) in [6.45, 7) is 2.91. The van der Waals surface area contributed by atoms with Crippen LogP contribution >= 0.6 is 0 Å². The maximum Gasteiger partial charge on any atom is 0.448 e. The molecule has 0 saturated heterocycles. The van der Waals surface area contributed by atoms with E-state index >= 15 is 0 Å². The Hall–Kier alpha value is -3.62. The van der Waals surface area contributed by atoms with Crippen molar-refractivity contribution in [3.63, 3.8) is 0 Å². The van der Waals surface area contributed by atoms with Gasteiger partial charge in [0.15, 0.2) is 5.76 Å². The molecule has 0 spiro atoms. The summed E-state index contributed by atoms with van der Waals surface area (Å²) in [6.07, 6.45) is -2.18. The van der Waals surface area contributed by atoms with Gasteiger partial charge >= 0.3 is 6.18 Å². The predicted molar refractivity (Wildman–Crippen MR) is 103 cm³/mol. The van der Waals surface area contributed by atoms with Gasteiger partial charge in [-0.3, -0.25) is 9.78 Å². The van der Waals surface area contributed by atoms with E-state index in [1.54, 1.807) is 24.4 Å². The van der Waals surface area contributed by atoms with Gasteiger partial charge in [-0.1, -0.05) is 18.7 Å². The second-order valence-corrected chi connectivity index (χ2v) is 6.44. The number of nitrogens with one attached hydrogen (secondary N) is 2. The number of carbonyl (C=O) groups is 1. The number of amides is 1. The largest absolute Gasteiger partial charge is 0.505 e. The zero-order chi connectivity index (χ0) is 21.9. The van der Waals surface area contributed by atoms with Crippen molar-refractivity contribution in [2.24, 2.45) is 0 Å². The number of H-pyrrole nitrogens is 1. The third-order valence-corrected chi connectivity index (χ3v) is 4.35. The van der Waals surface area contributed by atoms with E-state index in [0.717, 1.165) is 23.2 Å². The van der Waals surface area contributed by atoms with E-state index < -0.39 is 11.9 Å². The van der Waals surface area contributed by atoms with Crippen LogP contribution in [-0.4, -0.2) is 33.7 Å². The van der Waals surface area contributed by atoms with E-state index in [1.165, 1.54) is 6.07 Å². The molecule has 3 aromatic rings. The number of hydrogen-bond donors (Lipinski definition) is 3. The summed E-state index contributed by atoms with van der Waals surface area (Å²) in [5.74, 6) is -2.14. The lowest BCUT2D eigenvalue weighted by Gasteiger charge is -2.10. The van der Waals surface area contributed by atoms with E-state index in [2.05, 4.69) is 21.9 Å². The molecule has 1 amide bonds. The number of aromatic nitrogens is 2. The van der Waals surface area contributed by atoms with Crippen LogP contribution in [0, 0.1) is 5.82 Å². The molecule has 0 saturated carbocycles. The minimum atomic E-state index is -4.64. The Morgan fingerprint density at radius 2 is 1.87 bits per heavy atom. The van der Waals surface area contributed by atoms with Crippen LogP contribution in [0.15, 0.2) is 61.0 Å². The minimum Gasteiger partial charge on any atom is -0.505 e. The maximum atomic E-state index is 13.9. The zero-order valence-corrected chi connectivity index (χ0v) is 15.6. The Kier molecular flexibility index (Phi) is 5.91. The van der Waals surface area contributed by atoms with Gasteiger partial charge in [-0.2, -0.15) is 13.2 Å². The van der Waals surface area contributed by atoms with Crippen molar-refractivity contribution in [1.29, 1.82) is 0 Å². The number of aliphatic hydroxyl groups is 1. The van der Waals surface area contributed by atoms with Crippen molar-refractivity contribution in [2.45, 2.75) is 12.6 Å². The minimum absolute atomic E-state index is 0.0825. The molecule has 0 unspecified atom stereocenters. The van der Waals surface area contributed by atoms with Crippen molar-refractivity contribution in [3.05, 3.63) is 78.1 Å². The van der Waals surface area contributed by atoms with Crippen LogP contribution in [0.5, 0.6) is 0 Å². The zero-order valence-electron chi connectivity index (χ0n) is 15.6. The van der Waals surface area contributed by atoms with Crippen LogP contribution in [0.3, 0.4) is 0 Å². The maximum absolute atomic E-state index is 13.9. The number of rotatable bonds is 2. The number of alkyl halides is 3. The second kappa shape index (κ2) is 8.40. The summed E-state index contributed by atoms with van der Waals surface area (Å²) in [5, 5.41) is 10.4. The van der Waals surface area contributed by atoms with E-state index in [-0.39, 0.29) is 11.7 Å². The monoisotopic (exact) mass is 419 g/mol. The van der Waals surface area contributed by atoms with Crippen LogP contribution in [0.1, 0.15) is 16.1 Å². The smallest absolute Gasteiger partial charge is 0.448 e. The first-order valence-corrected chi connectivity index (χ1v) is 8.83. The molecular weight excluding hydrogens is 402 g/mol. The first-order valence-electron chi connectivity index (χ1n) is 8.83. The number of carbonyl (C=O) groups excluding carboxylic acids is 1. The van der Waals surface area contributed by atoms with E-state index in [9.17, 15) is 22.4 Å². The van der Waals surface area contributed by atoms with Crippen molar-refractivity contribution in [2.75, 3.05) is 6.54 Å². The molecule has 0 atom stereocenters. The molecule has 3 heterocycles. The van der Waals surface area contributed by atoms with Crippen molar-refractivity contribution in [1.82, 2.24) is 15.3 Å². The Morgan fingerprint density at radius 3 is 2.50 bits per heavy atom. The fourth-order valence-electron chi connectivity index (χ4n) is 2.87. The molecule has 1 aliphatic heterocycles. The van der Waals surface area contributed by atoms with Crippen LogP contribution in [-0.2, 0) is 6.42 Å². The van der Waals surface area contributed by atoms with Crippen molar-refractivity contribution in [3.8, 4) is 22.5 Å². The van der Waals surface area contributed by atoms with Gasteiger partial charge in [0, 0.05) is 29.6 Å². The highest BCUT2D eigenvalue weighted by Crippen LogP contribution is 2.28. The number of nitrogens with zero attached hydrogens (tertiary/aromatic N) is 1. The predicted octanol–water partition coefficient (Wildman–Crippen LogP) is 4.79. The summed E-state index contributed by atoms with van der Waals surface area (Å²) >= 11 is 0. The topological polar surface area (TPSA) is 78.0 Å². The number of pyridine rings is 1. The van der Waals surface area contributed by atoms with Gasteiger partial charge in [0.25, 0.3) is 5.91 Å². The normalized spacial score (nSPS) is 13.0. The lowest BCUT2D eigenvalue weighted by Crippen LogP contribution is -2.31. The second-order valence-electron chi connectivity index (χ2n) is 6.44. The number of hydrogen-bond acceptors (Lipinski definition) is 3. The molecule has 30 heavy (non-hydrogen) atoms. The number of benzene rings is 1. The number of aliphatic hydroxyl groups excluding tert-OH is 1. The highest BCUT2D eigenvalue weighted by atomic mass is 19.4. The third kappa shape index (κ3) is 4.68. The summed E-state index contributed by atoms with van der Waals surface area (Å²) in [7, 11) is 0. The van der Waals surface area contributed by atoms with Crippen molar-refractivity contribution >= 4 is 5.91 Å². The van der Waals surface area contributed by atoms with E-state index in [0.29, 0.717) is 23.5 Å². The third-order valence-electron chi connectivity index (χ3n) is 4.35. The van der Waals surface area contributed by atoms with Gasteiger partial charge < -0.3 is 15.4 Å². The molecule has 1 aliphatic rings. The van der Waals surface area contributed by atoms with Crippen molar-refractivity contribution < 1.29 is 27.5 Å². The number of fused-ring (bicyclic) bond motifs is 1. The average Bonchev–Trinajstić information content (AvgIpc) is 3.14. The standard InChI is InChI=1S/C18H14FN3O.C3H3F3O/c19-14-4-2-1-3-13(14)16-9-11(5-7-20-16)15-10-12-6-8-21-18(23)17(12)22-15;1-2(7)3(4,5)6/h1-5,7,9-10,22H,6,8H2,(H,21,23);7H,1H2. The molecular formula is C21H17F4N3O2. The lowest BCUT2D eigenvalue weighted by molar-refractivity contribution is -0.119. The quantitative estimate of drug-likeness (QED) is 0.413. The molecule has 2 aromatic heterocycles. The molecule has 0 fully saturated rings. The van der Waals surface area contributed by atoms with Gasteiger partial charge in [0.2, 0.25) is 0 Å². The molecule has 0 bridgehead atoms. The molecule has 1 aromatic carbocycles. The van der Waals surface area contributed by atoms with Gasteiger partial charge in [-0.05, 0) is 42.3 Å². The first-order chi connectivity index (χ1) is 14.2. The fourth-order valence-corrected chi connectivity index (χ4v) is 2.87. The highest BCUT2D eigenvalue weighted by Gasteiger charge is 2.31. The SMILES string of the molecule is C=C(O)C(F)(F)F.O=C1NCCc2cc(-c3ccnc(-c4ccccc4F)c3)[nH]c21. The van der Waals surface area contributed by atoms with Crippen LogP contribution in [0.2, 0.25) is 0 Å². The summed E-state index contributed by atoms with van der Waals surface area (Å²) in [4.78, 5) is 19.3. The number of aromatic amines is 1. The number of allylic oxidation sites excluding steroid dienone is 1. The fraction of sp³-hybridized carbons (Fsp3) is 0.143. The Labute approximate surface area is 169 Å². The number of halogens is 4. The molecule has 0 radical (unpaired) electrons. The Morgan fingerprint density at radius 1 is 1.17 bits per heavy atom. The van der Waals surface area contributed by atoms with Gasteiger partial charge in [-0.25, -0.2) is 4.39 Å². The van der Waals surface area contributed by atoms with Crippen LogP contribution in [0.25, 0.3) is 22.5 Å². The summed E-state index contributed by atoms with van der Waals surface area (Å²) in [5.41, 5.74) is 4.36. The van der Waals surface area contributed by atoms with Gasteiger partial charge in [-0.15, -0.1) is 0 Å². The first kappa shape index (κ1) is 21.1. The molecule has 5 nitrogen and oxygen atoms in total. The van der Waals surface area contributed by atoms with Gasteiger partial charge in [0.1, 0.15) is 11.5 Å². The Bertz CT molecular complexity index is 1090. The molecule has 9 heteroatoms. The average molecular weight is 419 g/mol. The summed E-state index contributed by atoms with van der Waals surface area (Å²) < 4.78 is 46.4. The van der Waals surface area contributed by atoms with E-state index in [4.69, 9.17) is 5.11 Å². The van der Waals surface area contributed by atoms with Crippen LogP contribution in [0.4, 0.5) is 17.6 Å². The van der Waals surface area contributed by atoms with Gasteiger partial charge in [0.05, 0.1) is 5.69 Å². The molecule has 156 valence electrons. The summed E-state index contributed by atoms with van der Waals surface area (Å²) in [6, 6.07) is 12.2. The highest BCUT2D eigenvalue weighted by molar-refractivity contribution is 5.96. The lowest BCUT2D eigenvalue weighted by atomic mass is 10.1.